The van der Waals surface area contributed by atoms with Gasteiger partial charge in [0.1, 0.15) is 0 Å². The Morgan fingerprint density at radius 2 is 2.14 bits per heavy atom. The molecule has 0 radical (unpaired) electrons. The highest BCUT2D eigenvalue weighted by Crippen LogP contribution is 2.34. The average molecular weight is 289 g/mol. The fourth-order valence-corrected chi connectivity index (χ4v) is 3.67. The molecule has 0 spiro atoms. The van der Waals surface area contributed by atoms with Gasteiger partial charge >= 0.3 is 6.03 Å². The topological polar surface area (TPSA) is 65.5 Å². The van der Waals surface area contributed by atoms with Crippen molar-refractivity contribution in [3.05, 3.63) is 24.5 Å². The minimum atomic E-state index is -0.392. The molecule has 2 amide bonds. The predicted octanol–water partition coefficient (Wildman–Crippen LogP) is 2.63. The molecule has 2 fully saturated rings. The lowest BCUT2D eigenvalue weighted by Crippen LogP contribution is -2.43. The molecule has 1 aromatic rings. The number of hydrogen-bond donors (Lipinski definition) is 2. The van der Waals surface area contributed by atoms with Crippen LogP contribution in [0, 0.1) is 5.92 Å². The first kappa shape index (κ1) is 14.3. The van der Waals surface area contributed by atoms with Gasteiger partial charge in [-0.15, -0.1) is 0 Å². The number of urea groups is 1. The lowest BCUT2D eigenvalue weighted by Gasteiger charge is -2.33. The van der Waals surface area contributed by atoms with Crippen LogP contribution in [0.5, 0.6) is 0 Å². The summed E-state index contributed by atoms with van der Waals surface area (Å²) in [7, 11) is 0. The fraction of sp³-hybridized carbons (Fsp3) is 0.625. The van der Waals surface area contributed by atoms with Crippen LogP contribution in [-0.4, -0.2) is 39.7 Å². The van der Waals surface area contributed by atoms with Crippen molar-refractivity contribution >= 4 is 11.7 Å². The van der Waals surface area contributed by atoms with Crippen LogP contribution < -0.4 is 5.32 Å². The number of anilines is 1. The first-order valence-electron chi connectivity index (χ1n) is 7.90. The number of β-amino-alcohol motifs (C(OH)–C–C–N with tert-alkyl or cyclic N) is 1. The van der Waals surface area contributed by atoms with E-state index in [0.29, 0.717) is 24.6 Å². The van der Waals surface area contributed by atoms with Crippen molar-refractivity contribution in [2.45, 2.75) is 50.7 Å². The summed E-state index contributed by atoms with van der Waals surface area (Å²) in [5.74, 6) is 0.538. The molecule has 0 aromatic carbocycles. The number of nitrogens with one attached hydrogen (secondary N) is 1. The molecule has 114 valence electrons. The number of rotatable bonds is 2. The molecular weight excluding hydrogens is 266 g/mol. The third kappa shape index (κ3) is 3.35. The zero-order valence-electron chi connectivity index (χ0n) is 12.2. The van der Waals surface area contributed by atoms with Crippen molar-refractivity contribution in [3.8, 4) is 0 Å². The summed E-state index contributed by atoms with van der Waals surface area (Å²) in [6.45, 7) is 0.438. The summed E-state index contributed by atoms with van der Waals surface area (Å²) in [5.41, 5.74) is 0.700. The molecule has 1 aromatic heterocycles. The molecule has 3 rings (SSSR count). The number of likely N-dealkylation sites (tertiary alicyclic amines) is 1. The molecule has 2 N–H and O–H groups in total. The van der Waals surface area contributed by atoms with Crippen LogP contribution in [0.3, 0.4) is 0 Å². The Hall–Kier alpha value is -1.62. The lowest BCUT2D eigenvalue weighted by atomic mass is 9.83. The second-order valence-corrected chi connectivity index (χ2v) is 6.18. The van der Waals surface area contributed by atoms with Crippen molar-refractivity contribution in [3.63, 3.8) is 0 Å². The Balaban J connectivity index is 1.67. The van der Waals surface area contributed by atoms with Crippen LogP contribution in [0.2, 0.25) is 0 Å². The summed E-state index contributed by atoms with van der Waals surface area (Å²) in [6, 6.07) is 3.69. The highest BCUT2D eigenvalue weighted by molar-refractivity contribution is 5.89. The molecule has 2 heterocycles. The van der Waals surface area contributed by atoms with Crippen LogP contribution in [0.4, 0.5) is 10.5 Å². The van der Waals surface area contributed by atoms with Crippen LogP contribution in [-0.2, 0) is 0 Å². The van der Waals surface area contributed by atoms with Crippen LogP contribution >= 0.6 is 0 Å². The maximum absolute atomic E-state index is 12.5. The van der Waals surface area contributed by atoms with E-state index in [9.17, 15) is 9.90 Å². The molecule has 0 bridgehead atoms. The molecule has 2 atom stereocenters. The second kappa shape index (κ2) is 6.43. The Morgan fingerprint density at radius 3 is 2.86 bits per heavy atom. The average Bonchev–Trinajstić information content (AvgIpc) is 2.91. The maximum Gasteiger partial charge on any atom is 0.322 e. The zero-order valence-corrected chi connectivity index (χ0v) is 12.2. The molecular formula is C16H23N3O2. The third-order valence-corrected chi connectivity index (χ3v) is 4.69. The maximum atomic E-state index is 12.5. The molecule has 5 heteroatoms. The van der Waals surface area contributed by atoms with Gasteiger partial charge in [0, 0.05) is 18.8 Å². The molecule has 1 aliphatic carbocycles. The van der Waals surface area contributed by atoms with Gasteiger partial charge in [0.15, 0.2) is 0 Å². The largest absolute Gasteiger partial charge is 0.391 e. The van der Waals surface area contributed by atoms with Crippen molar-refractivity contribution in [2.75, 3.05) is 11.9 Å². The number of amides is 2. The van der Waals surface area contributed by atoms with Gasteiger partial charge in [0.2, 0.25) is 0 Å². The van der Waals surface area contributed by atoms with E-state index in [1.54, 1.807) is 18.5 Å². The second-order valence-electron chi connectivity index (χ2n) is 6.18. The molecule has 5 nitrogen and oxygen atoms in total. The molecule has 2 aliphatic rings. The van der Waals surface area contributed by atoms with E-state index in [4.69, 9.17) is 0 Å². The number of pyridine rings is 1. The van der Waals surface area contributed by atoms with Gasteiger partial charge in [-0.05, 0) is 37.3 Å². The number of carbonyl (C=O) groups excluding carboxylic acids is 1. The first-order chi connectivity index (χ1) is 10.2. The Bertz CT molecular complexity index is 474. The van der Waals surface area contributed by atoms with E-state index >= 15 is 0 Å². The standard InChI is InChI=1S/C16H23N3O2/c20-14-9-15(12-5-2-1-3-6-12)19(11-14)16(21)18-13-7-4-8-17-10-13/h4,7-8,10,12,14-15,20H,1-3,5-6,9,11H2,(H,18,21)/t14-,15-/m0/s1. The Kier molecular flexibility index (Phi) is 4.39. The SMILES string of the molecule is O=C(Nc1cccnc1)N1C[C@@H](O)C[C@H]1C1CCCCC1. The monoisotopic (exact) mass is 289 g/mol. The van der Waals surface area contributed by atoms with E-state index in [2.05, 4.69) is 10.3 Å². The van der Waals surface area contributed by atoms with E-state index in [1.807, 2.05) is 11.0 Å². The summed E-state index contributed by atoms with van der Waals surface area (Å²) in [6.07, 6.45) is 9.78. The van der Waals surface area contributed by atoms with E-state index in [0.717, 1.165) is 0 Å². The number of hydrogen-bond acceptors (Lipinski definition) is 3. The number of aliphatic hydroxyl groups is 1. The summed E-state index contributed by atoms with van der Waals surface area (Å²) < 4.78 is 0. The number of nitrogens with zero attached hydrogens (tertiary/aromatic N) is 2. The van der Waals surface area contributed by atoms with Crippen LogP contribution in [0.25, 0.3) is 0 Å². The predicted molar refractivity (Wildman–Crippen MR) is 80.9 cm³/mol. The van der Waals surface area contributed by atoms with E-state index < -0.39 is 6.10 Å². The summed E-state index contributed by atoms with van der Waals surface area (Å²) in [5, 5.41) is 12.9. The highest BCUT2D eigenvalue weighted by Gasteiger charge is 2.39. The van der Waals surface area contributed by atoms with Crippen LogP contribution in [0.15, 0.2) is 24.5 Å². The molecule has 1 saturated heterocycles. The van der Waals surface area contributed by atoms with E-state index in [1.165, 1.54) is 32.1 Å². The van der Waals surface area contributed by atoms with Crippen LogP contribution in [0.1, 0.15) is 38.5 Å². The Labute approximate surface area is 125 Å². The van der Waals surface area contributed by atoms with Crippen molar-refractivity contribution < 1.29 is 9.90 Å². The normalized spacial score (nSPS) is 26.8. The quantitative estimate of drug-likeness (QED) is 0.879. The fourth-order valence-electron chi connectivity index (χ4n) is 3.67. The minimum absolute atomic E-state index is 0.116. The third-order valence-electron chi connectivity index (χ3n) is 4.69. The van der Waals surface area contributed by atoms with Gasteiger partial charge in [-0.1, -0.05) is 19.3 Å². The van der Waals surface area contributed by atoms with Crippen molar-refractivity contribution in [1.29, 1.82) is 0 Å². The summed E-state index contributed by atoms with van der Waals surface area (Å²) >= 11 is 0. The summed E-state index contributed by atoms with van der Waals surface area (Å²) in [4.78, 5) is 18.3. The van der Waals surface area contributed by atoms with Crippen molar-refractivity contribution in [1.82, 2.24) is 9.88 Å². The number of carbonyl (C=O) groups is 1. The van der Waals surface area contributed by atoms with Gasteiger partial charge < -0.3 is 15.3 Å². The van der Waals surface area contributed by atoms with Gasteiger partial charge in [-0.2, -0.15) is 0 Å². The van der Waals surface area contributed by atoms with Gasteiger partial charge in [0.05, 0.1) is 18.0 Å². The molecule has 1 aliphatic heterocycles. The molecule has 21 heavy (non-hydrogen) atoms. The lowest BCUT2D eigenvalue weighted by molar-refractivity contribution is 0.164. The van der Waals surface area contributed by atoms with Gasteiger partial charge in [-0.3, -0.25) is 4.98 Å². The first-order valence-corrected chi connectivity index (χ1v) is 7.90. The van der Waals surface area contributed by atoms with E-state index in [-0.39, 0.29) is 12.1 Å². The minimum Gasteiger partial charge on any atom is -0.391 e. The van der Waals surface area contributed by atoms with Gasteiger partial charge in [0.25, 0.3) is 0 Å². The van der Waals surface area contributed by atoms with Gasteiger partial charge in [-0.25, -0.2) is 4.79 Å². The van der Waals surface area contributed by atoms with Crippen molar-refractivity contribution in [2.24, 2.45) is 5.92 Å². The smallest absolute Gasteiger partial charge is 0.322 e. The zero-order chi connectivity index (χ0) is 14.7. The molecule has 1 saturated carbocycles. The number of aromatic nitrogens is 1. The number of aliphatic hydroxyl groups excluding tert-OH is 1. The highest BCUT2D eigenvalue weighted by atomic mass is 16.3. The molecule has 0 unspecified atom stereocenters. The Morgan fingerprint density at radius 1 is 1.33 bits per heavy atom.